The summed E-state index contributed by atoms with van der Waals surface area (Å²) in [6.45, 7) is 3.81. The number of hydrogen-bond acceptors (Lipinski definition) is 4. The number of nitrogens with one attached hydrogen (secondary N) is 1. The van der Waals surface area contributed by atoms with Crippen molar-refractivity contribution in [3.63, 3.8) is 0 Å². The summed E-state index contributed by atoms with van der Waals surface area (Å²) in [5.74, 6) is -2.91. The highest BCUT2D eigenvalue weighted by Gasteiger charge is 2.73. The highest BCUT2D eigenvalue weighted by atomic mass is 35.5. The second-order valence-corrected chi connectivity index (χ2v) is 10.8. The Morgan fingerprint density at radius 3 is 1.76 bits per heavy atom. The fourth-order valence-electron chi connectivity index (χ4n) is 6.28. The molecule has 188 valence electrons. The monoisotopic (exact) mass is 534 g/mol. The third kappa shape index (κ3) is 3.03. The number of hydrogen-bond donors (Lipinski definition) is 1. The van der Waals surface area contributed by atoms with Gasteiger partial charge in [-0.05, 0) is 48.2 Å². The minimum atomic E-state index is -1.28. The topological polar surface area (TPSA) is 75.7 Å². The van der Waals surface area contributed by atoms with Crippen molar-refractivity contribution >= 4 is 46.6 Å². The quantitative estimate of drug-likeness (QED) is 0.369. The van der Waals surface area contributed by atoms with Crippen LogP contribution in [0.4, 0.5) is 5.69 Å². The molecular weight excluding hydrogens is 511 g/mol. The molecule has 1 aliphatic heterocycles. The Labute approximate surface area is 224 Å². The zero-order valence-electron chi connectivity index (χ0n) is 20.2. The number of alkyl halides is 2. The van der Waals surface area contributed by atoms with Crippen LogP contribution < -0.4 is 10.1 Å². The van der Waals surface area contributed by atoms with Gasteiger partial charge < -0.3 is 10.1 Å². The minimum Gasteiger partial charge on any atom is -0.492 e. The second-order valence-electron chi connectivity index (χ2n) is 9.61. The number of imide groups is 1. The van der Waals surface area contributed by atoms with Gasteiger partial charge in [-0.1, -0.05) is 60.7 Å². The van der Waals surface area contributed by atoms with Gasteiger partial charge >= 0.3 is 0 Å². The lowest BCUT2D eigenvalue weighted by atomic mass is 9.54. The van der Waals surface area contributed by atoms with Crippen molar-refractivity contribution in [1.29, 1.82) is 0 Å². The number of carbonyl (C=O) groups excluding carboxylic acids is 3. The van der Waals surface area contributed by atoms with Crippen LogP contribution >= 0.6 is 23.2 Å². The molecule has 8 heteroatoms. The molecule has 1 N–H and O–H groups in total. The first kappa shape index (κ1) is 24.0. The van der Waals surface area contributed by atoms with Crippen molar-refractivity contribution < 1.29 is 19.1 Å². The van der Waals surface area contributed by atoms with Crippen molar-refractivity contribution in [3.8, 4) is 5.75 Å². The number of ether oxygens (including phenoxy) is 1. The van der Waals surface area contributed by atoms with Gasteiger partial charge in [-0.25, -0.2) is 0 Å². The van der Waals surface area contributed by atoms with Crippen LogP contribution in [0.25, 0.3) is 0 Å². The molecule has 0 unspecified atom stereocenters. The van der Waals surface area contributed by atoms with E-state index in [1.54, 1.807) is 24.3 Å². The maximum atomic E-state index is 14.0. The van der Waals surface area contributed by atoms with Crippen molar-refractivity contribution in [2.45, 2.75) is 29.6 Å². The van der Waals surface area contributed by atoms with Gasteiger partial charge in [0, 0.05) is 0 Å². The fourth-order valence-corrected chi connectivity index (χ4v) is 7.37. The molecule has 3 aromatic rings. The van der Waals surface area contributed by atoms with E-state index in [-0.39, 0.29) is 0 Å². The Balaban J connectivity index is 1.42. The van der Waals surface area contributed by atoms with Crippen LogP contribution in [0.3, 0.4) is 0 Å². The first-order chi connectivity index (χ1) is 17.8. The zero-order chi connectivity index (χ0) is 26.1. The summed E-state index contributed by atoms with van der Waals surface area (Å²) < 4.78 is 5.60. The fraction of sp³-hybridized carbons (Fsp3) is 0.276. The molecule has 3 aromatic carbocycles. The number of carbonyl (C=O) groups is 3. The molecule has 0 aromatic heterocycles. The van der Waals surface area contributed by atoms with E-state index in [2.05, 4.69) is 5.32 Å². The third-order valence-corrected chi connectivity index (χ3v) is 9.12. The van der Waals surface area contributed by atoms with E-state index in [9.17, 15) is 14.4 Å². The molecule has 37 heavy (non-hydrogen) atoms. The van der Waals surface area contributed by atoms with Gasteiger partial charge in [0.25, 0.3) is 0 Å². The first-order valence-electron chi connectivity index (χ1n) is 12.2. The molecule has 3 atom stereocenters. The van der Waals surface area contributed by atoms with E-state index >= 15 is 0 Å². The molecule has 1 fully saturated rings. The SMILES string of the molecule is CCOc1ccccc1NC(=O)[C@H](C)N1C(=O)[C@@H]2[C@@H](C1=O)C1(Cl)c3ccccc3C2(Cl)c2ccccc21. The van der Waals surface area contributed by atoms with Crippen LogP contribution in [0.2, 0.25) is 0 Å². The highest BCUT2D eigenvalue weighted by Crippen LogP contribution is 2.69. The Morgan fingerprint density at radius 1 is 0.865 bits per heavy atom. The number of amides is 3. The maximum Gasteiger partial charge on any atom is 0.247 e. The van der Waals surface area contributed by atoms with Gasteiger partial charge in [0.2, 0.25) is 17.7 Å². The van der Waals surface area contributed by atoms with E-state index in [4.69, 9.17) is 27.9 Å². The van der Waals surface area contributed by atoms with E-state index in [1.807, 2.05) is 55.5 Å². The molecule has 3 aliphatic carbocycles. The predicted octanol–water partition coefficient (Wildman–Crippen LogP) is 5.01. The van der Waals surface area contributed by atoms with E-state index in [1.165, 1.54) is 6.92 Å². The number of halogens is 2. The largest absolute Gasteiger partial charge is 0.492 e. The Hall–Kier alpha value is -3.35. The van der Waals surface area contributed by atoms with Crippen LogP contribution in [0.5, 0.6) is 5.75 Å². The van der Waals surface area contributed by atoms with Crippen molar-refractivity contribution in [2.24, 2.45) is 11.8 Å². The molecule has 0 spiro atoms. The summed E-state index contributed by atoms with van der Waals surface area (Å²) in [6, 6.07) is 20.8. The van der Waals surface area contributed by atoms with Gasteiger partial charge in [0.15, 0.2) is 0 Å². The summed E-state index contributed by atoms with van der Waals surface area (Å²) in [5, 5.41) is 2.81. The van der Waals surface area contributed by atoms with E-state index in [0.29, 0.717) is 18.0 Å². The first-order valence-corrected chi connectivity index (χ1v) is 13.0. The van der Waals surface area contributed by atoms with Gasteiger partial charge in [0.1, 0.15) is 21.5 Å². The molecule has 0 saturated carbocycles. The lowest BCUT2D eigenvalue weighted by Gasteiger charge is -2.54. The molecule has 0 radical (unpaired) electrons. The molecule has 3 amide bonds. The molecular formula is C29H24Cl2N2O4. The van der Waals surface area contributed by atoms with Gasteiger partial charge in [0.05, 0.1) is 24.1 Å². The van der Waals surface area contributed by atoms with Crippen LogP contribution in [0.1, 0.15) is 36.1 Å². The summed E-state index contributed by atoms with van der Waals surface area (Å²) in [7, 11) is 0. The summed E-state index contributed by atoms with van der Waals surface area (Å²) in [5.41, 5.74) is 3.34. The Kier molecular flexibility index (Phi) is 5.41. The average Bonchev–Trinajstić information content (AvgIpc) is 3.19. The molecule has 1 saturated heterocycles. The minimum absolute atomic E-state index is 0.422. The third-order valence-electron chi connectivity index (χ3n) is 7.83. The number of nitrogens with zero attached hydrogens (tertiary/aromatic N) is 1. The normalized spacial score (nSPS) is 27.8. The maximum absolute atomic E-state index is 14.0. The van der Waals surface area contributed by atoms with Crippen molar-refractivity contribution in [3.05, 3.63) is 95.1 Å². The smallest absolute Gasteiger partial charge is 0.247 e. The molecule has 7 rings (SSSR count). The number of likely N-dealkylation sites (tertiary alicyclic amines) is 1. The Bertz CT molecular complexity index is 1350. The van der Waals surface area contributed by atoms with Gasteiger partial charge in [-0.15, -0.1) is 23.2 Å². The van der Waals surface area contributed by atoms with Gasteiger partial charge in [-0.3, -0.25) is 19.3 Å². The lowest BCUT2D eigenvalue weighted by Crippen LogP contribution is -2.57. The van der Waals surface area contributed by atoms with Crippen molar-refractivity contribution in [2.75, 3.05) is 11.9 Å². The number of anilines is 1. The molecule has 4 aliphatic rings. The zero-order valence-corrected chi connectivity index (χ0v) is 21.7. The Morgan fingerprint density at radius 2 is 1.30 bits per heavy atom. The van der Waals surface area contributed by atoms with E-state index < -0.39 is 45.3 Å². The van der Waals surface area contributed by atoms with Crippen LogP contribution in [-0.4, -0.2) is 35.3 Å². The lowest BCUT2D eigenvalue weighted by molar-refractivity contribution is -0.146. The molecule has 1 heterocycles. The average molecular weight is 535 g/mol. The summed E-state index contributed by atoms with van der Waals surface area (Å²) in [4.78, 5) is 39.9. The number of benzene rings is 3. The number of rotatable bonds is 5. The van der Waals surface area contributed by atoms with Crippen LogP contribution in [0, 0.1) is 11.8 Å². The highest BCUT2D eigenvalue weighted by molar-refractivity contribution is 6.36. The summed E-state index contributed by atoms with van der Waals surface area (Å²) in [6.07, 6.45) is 0. The van der Waals surface area contributed by atoms with Gasteiger partial charge in [-0.2, -0.15) is 0 Å². The molecule has 6 nitrogen and oxygen atoms in total. The molecule has 2 bridgehead atoms. The van der Waals surface area contributed by atoms with Crippen LogP contribution in [0.15, 0.2) is 72.8 Å². The predicted molar refractivity (Wildman–Crippen MR) is 141 cm³/mol. The second kappa shape index (κ2) is 8.33. The van der Waals surface area contributed by atoms with E-state index in [0.717, 1.165) is 27.2 Å². The number of para-hydroxylation sites is 2. The van der Waals surface area contributed by atoms with Crippen LogP contribution in [-0.2, 0) is 24.1 Å². The summed E-state index contributed by atoms with van der Waals surface area (Å²) >= 11 is 14.9. The standard InChI is InChI=1S/C29H24Cl2N2O4/c1-3-37-22-15-9-8-14-21(22)32-25(34)16(2)33-26(35)23-24(27(33)36)29(31)18-11-5-4-10-17(18)28(23,30)19-12-6-7-13-20(19)29/h4-16,23-24H,3H2,1-2H3,(H,32,34)/t16-,23-,24-,28?,29?/m0/s1. The van der Waals surface area contributed by atoms with Crippen molar-refractivity contribution in [1.82, 2.24) is 4.90 Å².